The van der Waals surface area contributed by atoms with Gasteiger partial charge in [-0.25, -0.2) is 0 Å². The van der Waals surface area contributed by atoms with E-state index in [-0.39, 0.29) is 149 Å². The Kier molecular flexibility index (Phi) is 198. The van der Waals surface area contributed by atoms with Crippen molar-refractivity contribution in [1.82, 2.24) is 0 Å². The summed E-state index contributed by atoms with van der Waals surface area (Å²) < 4.78 is 0. The largest absolute Gasteiger partial charge is 0.508 e. The molecule has 0 heterocycles. The molecule has 15 heteroatoms. The van der Waals surface area contributed by atoms with Gasteiger partial charge in [0.2, 0.25) is 0 Å². The molecule has 0 saturated heterocycles. The van der Waals surface area contributed by atoms with Gasteiger partial charge in [0.25, 0.3) is 0 Å². The first-order chi connectivity index (χ1) is 29.4. The van der Waals surface area contributed by atoms with Gasteiger partial charge in [0.05, 0.1) is 58.0 Å². The highest BCUT2D eigenvalue weighted by atomic mass is 28.3. The molecule has 552 valence electrons. The Morgan fingerprint density at radius 3 is 0.558 bits per heavy atom. The van der Waals surface area contributed by atoms with Gasteiger partial charge < -0.3 is 25.5 Å². The molecular formula is C71H198O5Si10. The lowest BCUT2D eigenvalue weighted by Gasteiger charge is -2.31. The number of phenolic OH excluding ortho intramolecular Hbond substituents is 1. The smallest absolute Gasteiger partial charge is 0.115 e. The summed E-state index contributed by atoms with van der Waals surface area (Å²) in [6, 6.07) is 29.1. The van der Waals surface area contributed by atoms with Crippen molar-refractivity contribution in [3.63, 3.8) is 0 Å². The van der Waals surface area contributed by atoms with Crippen molar-refractivity contribution < 1.29 is 25.5 Å². The van der Waals surface area contributed by atoms with Gasteiger partial charge in [0, 0.05) is 51.0 Å². The second-order valence-electron chi connectivity index (χ2n) is 25.1. The lowest BCUT2D eigenvalue weighted by atomic mass is 10.3. The van der Waals surface area contributed by atoms with Crippen molar-refractivity contribution >= 4 is 101 Å². The van der Waals surface area contributed by atoms with Crippen molar-refractivity contribution in [3.05, 3.63) is 84.9 Å². The highest BCUT2D eigenvalue weighted by Gasteiger charge is 2.31. The number of benzene rings is 3. The molecule has 3 aromatic carbocycles. The average molecular weight is 1410 g/mol. The molecule has 0 unspecified atom stereocenters. The number of aromatic hydroxyl groups is 1. The number of hydrogen-bond acceptors (Lipinski definition) is 5. The van der Waals surface area contributed by atoms with Crippen LogP contribution in [0.15, 0.2) is 84.9 Å². The standard InChI is InChI=1S/C9H14OSi.2C9H14Si.C6H16OSi.C4H12OSi.C4H12Si.2C3H10OSi.2C2H8Si.20CH4/c1-11(2,3)9-6-4-8(10)5-7-9;2*1-10(2,3)9-7-5-4-6-8-9;1-6(2,7)8(3,4)5;1-6(2,3)4-5;1-5(2,3)4;2*1-5(2)3-4;2*1-3-2;;;;;;;;;;;;;;;;;;;;/h4-7,10H,1-3H3;2*4-8H,1-3H3;7H,1-5H3;5H,4H2,1-3H3;1-4H3;2*4-5H,3H2,1-2H3;2*3H2,1-2H3;20*1H4. The van der Waals surface area contributed by atoms with Crippen molar-refractivity contribution in [1.29, 1.82) is 0 Å². The zero-order valence-corrected chi connectivity index (χ0v) is 60.6. The molecular weight excluding hydrogens is 1210 g/mol. The highest BCUT2D eigenvalue weighted by Crippen LogP contribution is 2.18. The Labute approximate surface area is 575 Å². The third-order valence-electron chi connectivity index (χ3n) is 8.05. The monoisotopic (exact) mass is 1410 g/mol. The Bertz CT molecular complexity index is 1360. The van der Waals surface area contributed by atoms with Gasteiger partial charge in [-0.3, -0.25) is 0 Å². The molecule has 3 aromatic rings. The maximum atomic E-state index is 9.42. The fourth-order valence-corrected chi connectivity index (χ4v) is 6.39. The van der Waals surface area contributed by atoms with Gasteiger partial charge in [-0.05, 0) is 26.0 Å². The molecule has 0 saturated carbocycles. The third-order valence-corrected chi connectivity index (χ3v) is 20.3. The first kappa shape index (κ1) is 178. The van der Waals surface area contributed by atoms with Gasteiger partial charge >= 0.3 is 0 Å². The van der Waals surface area contributed by atoms with Crippen LogP contribution in [0.3, 0.4) is 0 Å². The van der Waals surface area contributed by atoms with E-state index in [9.17, 15) is 5.11 Å². The minimum absolute atomic E-state index is 0. The van der Waals surface area contributed by atoms with Crippen LogP contribution >= 0.6 is 0 Å². The van der Waals surface area contributed by atoms with E-state index in [4.69, 9.17) is 20.4 Å². The van der Waals surface area contributed by atoms with Crippen LogP contribution in [0.25, 0.3) is 0 Å². The molecule has 3 rings (SSSR count). The summed E-state index contributed by atoms with van der Waals surface area (Å²) in [5.74, 6) is 0.354. The predicted octanol–water partition coefficient (Wildman–Crippen LogP) is 24.1. The third kappa shape index (κ3) is 161. The van der Waals surface area contributed by atoms with E-state index in [1.54, 1.807) is 12.1 Å². The summed E-state index contributed by atoms with van der Waals surface area (Å²) in [6.07, 6.45) is 1.30. The summed E-state index contributed by atoms with van der Waals surface area (Å²) in [5.41, 5.74) is 0. The number of aliphatic hydroxyl groups excluding tert-OH is 3. The minimum Gasteiger partial charge on any atom is -0.508 e. The predicted molar refractivity (Wildman–Crippen MR) is 476 cm³/mol. The van der Waals surface area contributed by atoms with Gasteiger partial charge in [0.15, 0.2) is 0 Å². The molecule has 0 bridgehead atoms. The molecule has 0 fully saturated rings. The molecule has 5 N–H and O–H groups in total. The van der Waals surface area contributed by atoms with E-state index in [0.29, 0.717) is 43.5 Å². The van der Waals surface area contributed by atoms with Gasteiger partial charge in [-0.1, -0.05) is 414 Å². The number of aliphatic hydroxyl groups is 4. The van der Waals surface area contributed by atoms with Crippen molar-refractivity contribution in [3.8, 4) is 5.75 Å². The van der Waals surface area contributed by atoms with Gasteiger partial charge in [0.1, 0.15) is 5.75 Å². The number of hydrogen-bond donors (Lipinski definition) is 5. The lowest BCUT2D eigenvalue weighted by Crippen LogP contribution is -2.46. The maximum absolute atomic E-state index is 9.42. The van der Waals surface area contributed by atoms with Crippen molar-refractivity contribution in [2.75, 3.05) is 18.7 Å². The molecule has 5 nitrogen and oxygen atoms in total. The number of rotatable bonds is 7. The molecule has 0 amide bonds. The van der Waals surface area contributed by atoms with E-state index in [0.717, 1.165) is 0 Å². The summed E-state index contributed by atoms with van der Waals surface area (Å²) in [6.45, 7) is 64.5. The first-order valence-electron chi connectivity index (χ1n) is 24.8. The van der Waals surface area contributed by atoms with Crippen molar-refractivity contribution in [2.24, 2.45) is 0 Å². The molecule has 0 aromatic heterocycles. The van der Waals surface area contributed by atoms with Crippen LogP contribution in [0.2, 0.25) is 177 Å². The Hall–Kier alpha value is -0.531. The molecule has 0 radical (unpaired) electrons. The topological polar surface area (TPSA) is 101 Å². The Morgan fingerprint density at radius 1 is 0.349 bits per heavy atom. The summed E-state index contributed by atoms with van der Waals surface area (Å²) in [7, 11) is -6.58. The van der Waals surface area contributed by atoms with E-state index in [2.05, 4.69) is 237 Å². The van der Waals surface area contributed by atoms with Crippen LogP contribution in [-0.4, -0.2) is 135 Å². The molecule has 0 aliphatic heterocycles. The summed E-state index contributed by atoms with van der Waals surface area (Å²) in [5, 5.41) is 47.4. The van der Waals surface area contributed by atoms with Crippen LogP contribution < -0.4 is 15.6 Å². The van der Waals surface area contributed by atoms with Crippen LogP contribution in [0.4, 0.5) is 0 Å². The van der Waals surface area contributed by atoms with E-state index < -0.39 is 71.3 Å². The normalized spacial score (nSPS) is 8.55. The zero-order chi connectivity index (χ0) is 54.4. The second-order valence-corrected chi connectivity index (χ2v) is 66.7. The molecule has 0 spiro atoms. The summed E-state index contributed by atoms with van der Waals surface area (Å²) in [4.78, 5) is 0. The molecule has 0 aliphatic rings. The molecule has 0 aliphatic carbocycles. The number of phenols is 1. The van der Waals surface area contributed by atoms with E-state index >= 15 is 0 Å². The van der Waals surface area contributed by atoms with Crippen LogP contribution in [0.1, 0.15) is 162 Å². The second kappa shape index (κ2) is 95.6. The molecule has 86 heavy (non-hydrogen) atoms. The Morgan fingerprint density at radius 2 is 0.477 bits per heavy atom. The fourth-order valence-electron chi connectivity index (χ4n) is 2.84. The zero-order valence-electron chi connectivity index (χ0n) is 49.5. The fraction of sp³-hybridized carbons (Fsp3) is 0.746. The Balaban J connectivity index is -0.0000000179. The first-order valence-corrected chi connectivity index (χ1v) is 58.5. The minimum atomic E-state index is -1.30. The van der Waals surface area contributed by atoms with Crippen LogP contribution in [0, 0.1) is 0 Å². The quantitative estimate of drug-likeness (QED) is 0.152. The maximum Gasteiger partial charge on any atom is 0.115 e. The lowest BCUT2D eigenvalue weighted by molar-refractivity contribution is 0.157. The SMILES string of the molecule is C.C.C.C.C.C.C.C.C.C.C.C.C.C.C.C.C.C.C.C.CC(C)(O)[Si](C)(C)C.C[SiH2]C.C[SiH2]C.C[SiH](C)CO.C[SiH](C)CO.C[Si](C)(C)C.C[Si](C)(C)CO.C[Si](C)(C)c1ccc(O)cc1.C[Si](C)(C)c1ccccc1.C[Si](C)(C)c1ccccc1. The highest BCUT2D eigenvalue weighted by molar-refractivity contribution is 6.89. The summed E-state index contributed by atoms with van der Waals surface area (Å²) >= 11 is 0. The van der Waals surface area contributed by atoms with E-state index in [1.165, 1.54) is 15.6 Å². The van der Waals surface area contributed by atoms with Gasteiger partial charge in [-0.15, -0.1) is 0 Å². The average Bonchev–Trinajstić information content (AvgIpc) is 3.15. The van der Waals surface area contributed by atoms with Crippen molar-refractivity contribution in [2.45, 2.75) is 344 Å². The van der Waals surface area contributed by atoms with Crippen LogP contribution in [-0.2, 0) is 0 Å². The van der Waals surface area contributed by atoms with E-state index in [1.807, 2.05) is 26.0 Å². The van der Waals surface area contributed by atoms with Gasteiger partial charge in [-0.2, -0.15) is 0 Å². The molecule has 0 atom stereocenters. The van der Waals surface area contributed by atoms with Crippen LogP contribution in [0.5, 0.6) is 5.75 Å².